The molecule has 0 bridgehead atoms. The average Bonchev–Trinajstić information content (AvgIpc) is 3.39. The smallest absolute Gasteiger partial charge is 0.150 e. The first kappa shape index (κ1) is 25.9. The molecular weight excluding hydrogens is 550 g/mol. The number of para-hydroxylation sites is 1. The summed E-state index contributed by atoms with van der Waals surface area (Å²) in [5.74, 6) is 0. The zero-order valence-corrected chi connectivity index (χ0v) is 24.6. The number of aromatic nitrogens is 3. The zero-order valence-electron chi connectivity index (χ0n) is 23.8. The Labute approximate surface area is 254 Å². The molecule has 4 heterocycles. The first-order chi connectivity index (χ1) is 21.0. The molecule has 0 spiro atoms. The van der Waals surface area contributed by atoms with Crippen LogP contribution in [0.15, 0.2) is 137 Å². The van der Waals surface area contributed by atoms with Gasteiger partial charge in [0.15, 0.2) is 6.17 Å². The summed E-state index contributed by atoms with van der Waals surface area (Å²) in [5, 5.41) is 2.31. The highest BCUT2D eigenvalue weighted by Crippen LogP contribution is 2.52. The summed E-state index contributed by atoms with van der Waals surface area (Å²) in [6.45, 7) is 4.62. The van der Waals surface area contributed by atoms with Crippen LogP contribution in [0.2, 0.25) is 0 Å². The number of benzene rings is 4. The molecule has 0 radical (unpaired) electrons. The van der Waals surface area contributed by atoms with Crippen molar-refractivity contribution in [2.75, 3.05) is 0 Å². The van der Waals surface area contributed by atoms with E-state index in [1.54, 1.807) is 18.0 Å². The van der Waals surface area contributed by atoms with Gasteiger partial charge in [0.1, 0.15) is 5.65 Å². The first-order valence-corrected chi connectivity index (χ1v) is 15.3. The predicted octanol–water partition coefficient (Wildman–Crippen LogP) is 10.1. The summed E-state index contributed by atoms with van der Waals surface area (Å²) in [5.41, 5.74) is 8.18. The number of fused-ring (bicyclic) bond motifs is 6. The second-order valence-corrected chi connectivity index (χ2v) is 12.7. The molecule has 208 valence electrons. The maximum absolute atomic E-state index is 16.2. The van der Waals surface area contributed by atoms with Crippen LogP contribution in [-0.2, 0) is 5.41 Å². The van der Waals surface area contributed by atoms with Gasteiger partial charge in [-0.1, -0.05) is 98.4 Å². The van der Waals surface area contributed by atoms with E-state index in [-0.39, 0.29) is 5.41 Å². The van der Waals surface area contributed by atoms with Crippen molar-refractivity contribution in [1.82, 2.24) is 14.5 Å². The predicted molar refractivity (Wildman–Crippen MR) is 174 cm³/mol. The lowest BCUT2D eigenvalue weighted by Crippen LogP contribution is -2.24. The van der Waals surface area contributed by atoms with Gasteiger partial charge in [-0.3, -0.25) is 9.55 Å². The maximum atomic E-state index is 16.2. The maximum Gasteiger partial charge on any atom is 0.150 e. The van der Waals surface area contributed by atoms with Crippen molar-refractivity contribution in [2.45, 2.75) is 35.2 Å². The average molecular weight is 578 g/mol. The molecule has 43 heavy (non-hydrogen) atoms. The lowest BCUT2D eigenvalue weighted by atomic mass is 9.76. The Morgan fingerprint density at radius 3 is 2.37 bits per heavy atom. The number of alkyl halides is 1. The van der Waals surface area contributed by atoms with E-state index >= 15 is 4.39 Å². The normalized spacial score (nSPS) is 14.4. The fourth-order valence-corrected chi connectivity index (χ4v) is 7.97. The van der Waals surface area contributed by atoms with Gasteiger partial charge in [0, 0.05) is 49.6 Å². The van der Waals surface area contributed by atoms with Gasteiger partial charge in [0.2, 0.25) is 0 Å². The third-order valence-electron chi connectivity index (χ3n) is 8.62. The minimum atomic E-state index is -1.29. The molecule has 3 nitrogen and oxygen atoms in total. The molecule has 1 aliphatic rings. The topological polar surface area (TPSA) is 30.7 Å². The number of halogens is 1. The van der Waals surface area contributed by atoms with Crippen LogP contribution in [0.5, 0.6) is 0 Å². The molecule has 3 aromatic heterocycles. The van der Waals surface area contributed by atoms with E-state index in [1.807, 2.05) is 72.9 Å². The van der Waals surface area contributed by atoms with Crippen molar-refractivity contribution in [3.63, 3.8) is 0 Å². The lowest BCUT2D eigenvalue weighted by molar-refractivity contribution is 0.402. The largest absolute Gasteiger partial charge is 0.294 e. The highest BCUT2D eigenvalue weighted by Gasteiger charge is 2.36. The summed E-state index contributed by atoms with van der Waals surface area (Å²) in [7, 11) is 0. The van der Waals surface area contributed by atoms with Crippen molar-refractivity contribution in [1.29, 1.82) is 0 Å². The summed E-state index contributed by atoms with van der Waals surface area (Å²) in [6, 6.07) is 38.3. The Morgan fingerprint density at radius 2 is 1.51 bits per heavy atom. The van der Waals surface area contributed by atoms with Gasteiger partial charge in [-0.15, -0.1) is 0 Å². The van der Waals surface area contributed by atoms with Crippen LogP contribution < -0.4 is 0 Å². The van der Waals surface area contributed by atoms with E-state index in [2.05, 4.69) is 71.9 Å². The van der Waals surface area contributed by atoms with Crippen molar-refractivity contribution >= 4 is 33.7 Å². The standard InChI is InChI=1S/C38H28FN3S/c1-38(2)29-16-4-6-19-32(29)43-33-23-41-37-34(35(33)38)28-15-3-5-18-31(28)42(37)27-14-10-13-26(22-27)36(39)25-12-9-11-24(21-25)30-17-7-8-20-40-30/h3-23,36H,1-2H3. The van der Waals surface area contributed by atoms with Crippen molar-refractivity contribution in [3.05, 3.63) is 150 Å². The Morgan fingerprint density at radius 1 is 0.744 bits per heavy atom. The van der Waals surface area contributed by atoms with Gasteiger partial charge < -0.3 is 0 Å². The van der Waals surface area contributed by atoms with E-state index in [0.29, 0.717) is 11.1 Å². The molecule has 8 rings (SSSR count). The monoisotopic (exact) mass is 577 g/mol. The van der Waals surface area contributed by atoms with Gasteiger partial charge >= 0.3 is 0 Å². The SMILES string of the molecule is CC1(C)c2ccccc2Sc2cnc3c(c21)c1ccccc1n3-c1cccc(C(F)c2cccc(-c3ccccn3)c2)c1. The number of rotatable bonds is 4. The molecule has 0 amide bonds. The Hall–Kier alpha value is -4.74. The minimum Gasteiger partial charge on any atom is -0.294 e. The van der Waals surface area contributed by atoms with Gasteiger partial charge in [-0.05, 0) is 64.7 Å². The summed E-state index contributed by atoms with van der Waals surface area (Å²) >= 11 is 1.79. The fourth-order valence-electron chi connectivity index (χ4n) is 6.59. The molecule has 0 saturated heterocycles. The van der Waals surface area contributed by atoms with Crippen LogP contribution in [0, 0.1) is 0 Å². The summed E-state index contributed by atoms with van der Waals surface area (Å²) in [6.07, 6.45) is 2.48. The fraction of sp³-hybridized carbons (Fsp3) is 0.105. The molecule has 4 aromatic carbocycles. The summed E-state index contributed by atoms with van der Waals surface area (Å²) in [4.78, 5) is 12.0. The Balaban J connectivity index is 1.29. The highest BCUT2D eigenvalue weighted by atomic mass is 32.2. The molecular formula is C38H28FN3S. The van der Waals surface area contributed by atoms with Gasteiger partial charge in [-0.25, -0.2) is 9.37 Å². The number of pyridine rings is 2. The molecule has 0 saturated carbocycles. The molecule has 0 fully saturated rings. The highest BCUT2D eigenvalue weighted by molar-refractivity contribution is 7.99. The van der Waals surface area contributed by atoms with Gasteiger partial charge in [0.05, 0.1) is 11.2 Å². The van der Waals surface area contributed by atoms with Crippen molar-refractivity contribution in [3.8, 4) is 16.9 Å². The molecule has 5 heteroatoms. The Kier molecular flexibility index (Phi) is 5.98. The third kappa shape index (κ3) is 4.10. The minimum absolute atomic E-state index is 0.210. The van der Waals surface area contributed by atoms with Crippen LogP contribution >= 0.6 is 11.8 Å². The quantitative estimate of drug-likeness (QED) is 0.209. The van der Waals surface area contributed by atoms with Crippen LogP contribution in [0.4, 0.5) is 4.39 Å². The van der Waals surface area contributed by atoms with E-state index in [9.17, 15) is 0 Å². The van der Waals surface area contributed by atoms with Crippen LogP contribution in [0.1, 0.15) is 42.3 Å². The first-order valence-electron chi connectivity index (χ1n) is 14.5. The summed E-state index contributed by atoms with van der Waals surface area (Å²) < 4.78 is 18.4. The molecule has 7 aromatic rings. The Bertz CT molecular complexity index is 2170. The number of hydrogen-bond acceptors (Lipinski definition) is 3. The van der Waals surface area contributed by atoms with E-state index in [0.717, 1.165) is 38.9 Å². The van der Waals surface area contributed by atoms with Crippen molar-refractivity contribution in [2.24, 2.45) is 0 Å². The van der Waals surface area contributed by atoms with E-state index < -0.39 is 6.17 Å². The van der Waals surface area contributed by atoms with Crippen LogP contribution in [0.3, 0.4) is 0 Å². The van der Waals surface area contributed by atoms with Gasteiger partial charge in [0.25, 0.3) is 0 Å². The van der Waals surface area contributed by atoms with E-state index in [4.69, 9.17) is 4.98 Å². The van der Waals surface area contributed by atoms with E-state index in [1.165, 1.54) is 20.9 Å². The molecule has 1 aliphatic heterocycles. The number of nitrogens with zero attached hydrogens (tertiary/aromatic N) is 3. The van der Waals surface area contributed by atoms with Gasteiger partial charge in [-0.2, -0.15) is 0 Å². The number of hydrogen-bond donors (Lipinski definition) is 0. The second-order valence-electron chi connectivity index (χ2n) is 11.6. The lowest BCUT2D eigenvalue weighted by Gasteiger charge is -2.35. The zero-order chi connectivity index (χ0) is 29.1. The third-order valence-corrected chi connectivity index (χ3v) is 9.72. The van der Waals surface area contributed by atoms with Crippen LogP contribution in [0.25, 0.3) is 38.9 Å². The molecule has 1 unspecified atom stereocenters. The molecule has 1 atom stereocenters. The van der Waals surface area contributed by atoms with Crippen molar-refractivity contribution < 1.29 is 4.39 Å². The molecule has 0 N–H and O–H groups in total. The van der Waals surface area contributed by atoms with Crippen LogP contribution in [-0.4, -0.2) is 14.5 Å². The second kappa shape index (κ2) is 9.92. The molecule has 0 aliphatic carbocycles.